The molecule has 0 radical (unpaired) electrons. The van der Waals surface area contributed by atoms with Crippen LogP contribution in [-0.4, -0.2) is 20.9 Å². The fourth-order valence-electron chi connectivity index (χ4n) is 1.69. The van der Waals surface area contributed by atoms with E-state index >= 15 is 0 Å². The van der Waals surface area contributed by atoms with Gasteiger partial charge in [-0.1, -0.05) is 12.1 Å². The molecule has 0 bridgehead atoms. The summed E-state index contributed by atoms with van der Waals surface area (Å²) in [7, 11) is -3.71. The van der Waals surface area contributed by atoms with E-state index in [-0.39, 0.29) is 23.2 Å². The summed E-state index contributed by atoms with van der Waals surface area (Å²) < 4.78 is 39.5. The van der Waals surface area contributed by atoms with E-state index in [1.54, 1.807) is 6.92 Å². The van der Waals surface area contributed by atoms with Crippen LogP contribution in [0.3, 0.4) is 0 Å². The standard InChI is InChI=1S/C14H15FN2O3S2/c1-2-16-14(18)13-7-12(9-21-13)22(19,20)17-8-10-3-5-11(15)6-4-10/h3-7,9,17H,2,8H2,1H3,(H,16,18). The smallest absolute Gasteiger partial charge is 0.261 e. The van der Waals surface area contributed by atoms with Gasteiger partial charge in [0.1, 0.15) is 5.82 Å². The first-order valence-corrected chi connectivity index (χ1v) is 8.89. The highest BCUT2D eigenvalue weighted by atomic mass is 32.2. The molecule has 5 nitrogen and oxygen atoms in total. The van der Waals surface area contributed by atoms with Crippen molar-refractivity contribution >= 4 is 27.3 Å². The van der Waals surface area contributed by atoms with Crippen molar-refractivity contribution in [3.63, 3.8) is 0 Å². The highest BCUT2D eigenvalue weighted by Crippen LogP contribution is 2.19. The van der Waals surface area contributed by atoms with Crippen LogP contribution < -0.4 is 10.0 Å². The van der Waals surface area contributed by atoms with Crippen molar-refractivity contribution in [1.82, 2.24) is 10.0 Å². The van der Waals surface area contributed by atoms with Gasteiger partial charge in [0, 0.05) is 18.5 Å². The molecule has 118 valence electrons. The molecule has 1 heterocycles. The number of benzene rings is 1. The van der Waals surface area contributed by atoms with Gasteiger partial charge >= 0.3 is 0 Å². The maximum atomic E-state index is 12.8. The molecule has 0 saturated heterocycles. The van der Waals surface area contributed by atoms with Crippen LogP contribution in [0.5, 0.6) is 0 Å². The first kappa shape index (κ1) is 16.6. The molecule has 0 aliphatic rings. The zero-order valence-electron chi connectivity index (χ0n) is 11.8. The normalized spacial score (nSPS) is 11.4. The van der Waals surface area contributed by atoms with Crippen molar-refractivity contribution < 1.29 is 17.6 Å². The molecular formula is C14H15FN2O3S2. The Hall–Kier alpha value is -1.77. The van der Waals surface area contributed by atoms with E-state index in [9.17, 15) is 17.6 Å². The number of thiophene rings is 1. The number of sulfonamides is 1. The van der Waals surface area contributed by atoms with Gasteiger partial charge in [0.25, 0.3) is 5.91 Å². The number of carbonyl (C=O) groups is 1. The first-order valence-electron chi connectivity index (χ1n) is 6.53. The van der Waals surface area contributed by atoms with Gasteiger partial charge in [-0.3, -0.25) is 4.79 Å². The number of hydrogen-bond acceptors (Lipinski definition) is 4. The van der Waals surface area contributed by atoms with E-state index in [0.29, 0.717) is 17.0 Å². The van der Waals surface area contributed by atoms with E-state index in [0.717, 1.165) is 11.3 Å². The Morgan fingerprint density at radius 3 is 2.59 bits per heavy atom. The van der Waals surface area contributed by atoms with Crippen molar-refractivity contribution in [2.24, 2.45) is 0 Å². The molecule has 0 atom stereocenters. The van der Waals surface area contributed by atoms with E-state index < -0.39 is 10.0 Å². The molecule has 0 spiro atoms. The van der Waals surface area contributed by atoms with Crippen LogP contribution in [0.15, 0.2) is 40.6 Å². The Morgan fingerprint density at radius 1 is 1.27 bits per heavy atom. The van der Waals surface area contributed by atoms with Crippen molar-refractivity contribution in [2.45, 2.75) is 18.4 Å². The summed E-state index contributed by atoms with van der Waals surface area (Å²) in [6.45, 7) is 2.31. The third-order valence-electron chi connectivity index (χ3n) is 2.83. The maximum Gasteiger partial charge on any atom is 0.261 e. The van der Waals surface area contributed by atoms with Crippen LogP contribution in [0.1, 0.15) is 22.2 Å². The lowest BCUT2D eigenvalue weighted by Gasteiger charge is -2.05. The Labute approximate surface area is 132 Å². The Bertz CT molecular complexity index is 755. The van der Waals surface area contributed by atoms with E-state index in [1.807, 2.05) is 0 Å². The summed E-state index contributed by atoms with van der Waals surface area (Å²) in [5.74, 6) is -0.677. The van der Waals surface area contributed by atoms with E-state index in [4.69, 9.17) is 0 Å². The minimum atomic E-state index is -3.71. The second-order valence-corrected chi connectivity index (χ2v) is 7.14. The molecule has 22 heavy (non-hydrogen) atoms. The molecule has 2 aromatic rings. The fraction of sp³-hybridized carbons (Fsp3) is 0.214. The Balaban J connectivity index is 2.07. The largest absolute Gasteiger partial charge is 0.352 e. The topological polar surface area (TPSA) is 75.3 Å². The van der Waals surface area contributed by atoms with Crippen LogP contribution in [0, 0.1) is 5.82 Å². The SMILES string of the molecule is CCNC(=O)c1cc(S(=O)(=O)NCc2ccc(F)cc2)cs1. The fourth-order valence-corrected chi connectivity index (χ4v) is 3.90. The molecule has 0 saturated carbocycles. The molecule has 8 heteroatoms. The number of carbonyl (C=O) groups excluding carboxylic acids is 1. The first-order chi connectivity index (χ1) is 10.4. The number of nitrogens with one attached hydrogen (secondary N) is 2. The second kappa shape index (κ2) is 6.99. The summed E-state index contributed by atoms with van der Waals surface area (Å²) in [6.07, 6.45) is 0. The lowest BCUT2D eigenvalue weighted by atomic mass is 10.2. The van der Waals surface area contributed by atoms with Gasteiger partial charge in [0.05, 0.1) is 9.77 Å². The minimum Gasteiger partial charge on any atom is -0.352 e. The van der Waals surface area contributed by atoms with Crippen LogP contribution in [0.2, 0.25) is 0 Å². The average molecular weight is 342 g/mol. The highest BCUT2D eigenvalue weighted by molar-refractivity contribution is 7.89. The van der Waals surface area contributed by atoms with Crippen LogP contribution in [0.4, 0.5) is 4.39 Å². The van der Waals surface area contributed by atoms with E-state index in [2.05, 4.69) is 10.0 Å². The molecule has 0 fully saturated rings. The van der Waals surface area contributed by atoms with E-state index in [1.165, 1.54) is 35.7 Å². The summed E-state index contributed by atoms with van der Waals surface area (Å²) in [4.78, 5) is 12.0. The van der Waals surface area contributed by atoms with Crippen molar-refractivity contribution in [3.05, 3.63) is 52.0 Å². The average Bonchev–Trinajstić information content (AvgIpc) is 2.98. The summed E-state index contributed by atoms with van der Waals surface area (Å²) in [6, 6.07) is 6.88. The molecule has 2 N–H and O–H groups in total. The molecule has 0 unspecified atom stereocenters. The van der Waals surface area contributed by atoms with Gasteiger partial charge in [0.2, 0.25) is 10.0 Å². The van der Waals surface area contributed by atoms with Crippen LogP contribution >= 0.6 is 11.3 Å². The summed E-state index contributed by atoms with van der Waals surface area (Å²) >= 11 is 1.07. The molecule has 0 aliphatic heterocycles. The van der Waals surface area contributed by atoms with Gasteiger partial charge in [-0.15, -0.1) is 11.3 Å². The van der Waals surface area contributed by atoms with Gasteiger partial charge < -0.3 is 5.32 Å². The molecule has 2 rings (SSSR count). The number of hydrogen-bond donors (Lipinski definition) is 2. The van der Waals surface area contributed by atoms with Crippen molar-refractivity contribution in [1.29, 1.82) is 0 Å². The zero-order chi connectivity index (χ0) is 16.2. The van der Waals surface area contributed by atoms with Crippen LogP contribution in [0.25, 0.3) is 0 Å². The highest BCUT2D eigenvalue weighted by Gasteiger charge is 2.18. The lowest BCUT2D eigenvalue weighted by molar-refractivity contribution is 0.0959. The zero-order valence-corrected chi connectivity index (χ0v) is 13.4. The minimum absolute atomic E-state index is 0.0425. The molecule has 1 amide bonds. The molecular weight excluding hydrogens is 327 g/mol. The monoisotopic (exact) mass is 342 g/mol. The Morgan fingerprint density at radius 2 is 1.95 bits per heavy atom. The number of amides is 1. The number of rotatable bonds is 6. The maximum absolute atomic E-state index is 12.8. The third kappa shape index (κ3) is 4.12. The van der Waals surface area contributed by atoms with Gasteiger partial charge in [-0.25, -0.2) is 17.5 Å². The van der Waals surface area contributed by atoms with Gasteiger partial charge in [0.15, 0.2) is 0 Å². The Kier molecular flexibility index (Phi) is 5.28. The summed E-state index contributed by atoms with van der Waals surface area (Å²) in [5.41, 5.74) is 0.643. The quantitative estimate of drug-likeness (QED) is 0.844. The van der Waals surface area contributed by atoms with Gasteiger partial charge in [-0.2, -0.15) is 0 Å². The van der Waals surface area contributed by atoms with Crippen molar-refractivity contribution in [3.8, 4) is 0 Å². The lowest BCUT2D eigenvalue weighted by Crippen LogP contribution is -2.23. The second-order valence-electron chi connectivity index (χ2n) is 4.46. The van der Waals surface area contributed by atoms with Crippen LogP contribution in [-0.2, 0) is 16.6 Å². The number of halogens is 1. The molecule has 0 aliphatic carbocycles. The molecule has 1 aromatic carbocycles. The van der Waals surface area contributed by atoms with Crippen molar-refractivity contribution in [2.75, 3.05) is 6.54 Å². The summed E-state index contributed by atoms with van der Waals surface area (Å²) in [5, 5.41) is 4.02. The predicted octanol–water partition coefficient (Wildman–Crippen LogP) is 2.12. The predicted molar refractivity (Wildman–Crippen MR) is 82.8 cm³/mol. The third-order valence-corrected chi connectivity index (χ3v) is 5.29. The van der Waals surface area contributed by atoms with Gasteiger partial charge in [-0.05, 0) is 30.7 Å². The molecule has 1 aromatic heterocycles.